The molecule has 2 aromatic carbocycles. The minimum Gasteiger partial charge on any atom is -0.381 e. The van der Waals surface area contributed by atoms with Gasteiger partial charge in [-0.3, -0.25) is 0 Å². The van der Waals surface area contributed by atoms with Gasteiger partial charge in [-0.05, 0) is 54.3 Å². The summed E-state index contributed by atoms with van der Waals surface area (Å²) in [4.78, 5) is 12.2. The maximum atomic E-state index is 14.6. The minimum atomic E-state index is -0.449. The Kier molecular flexibility index (Phi) is 4.86. The summed E-state index contributed by atoms with van der Waals surface area (Å²) < 4.78 is 20.0. The smallest absolute Gasteiger partial charge is 0.323 e. The van der Waals surface area contributed by atoms with Crippen LogP contribution in [0.25, 0.3) is 0 Å². The van der Waals surface area contributed by atoms with Gasteiger partial charge in [0.1, 0.15) is 5.82 Å². The predicted molar refractivity (Wildman–Crippen MR) is 99.1 cm³/mol. The van der Waals surface area contributed by atoms with Gasteiger partial charge in [0.05, 0.1) is 12.3 Å². The van der Waals surface area contributed by atoms with Crippen LogP contribution in [0.3, 0.4) is 0 Å². The number of benzene rings is 2. The van der Waals surface area contributed by atoms with E-state index >= 15 is 0 Å². The van der Waals surface area contributed by atoms with E-state index in [1.165, 1.54) is 5.56 Å². The fraction of sp³-hybridized carbons (Fsp3) is 0.350. The molecule has 5 nitrogen and oxygen atoms in total. The van der Waals surface area contributed by atoms with Gasteiger partial charge in [-0.1, -0.05) is 18.2 Å². The number of carbonyl (C=O) groups excluding carboxylic acids is 1. The average Bonchev–Trinajstić information content (AvgIpc) is 3.20. The lowest BCUT2D eigenvalue weighted by molar-refractivity contribution is 0.194. The maximum Gasteiger partial charge on any atom is 0.323 e. The molecule has 0 aliphatic carbocycles. The first kappa shape index (κ1) is 17.0. The number of amides is 2. The van der Waals surface area contributed by atoms with Crippen molar-refractivity contribution in [3.63, 3.8) is 0 Å². The number of ether oxygens (including phenoxy) is 1. The van der Waals surface area contributed by atoms with Gasteiger partial charge < -0.3 is 20.7 Å². The molecule has 26 heavy (non-hydrogen) atoms. The van der Waals surface area contributed by atoms with E-state index in [0.717, 1.165) is 31.7 Å². The summed E-state index contributed by atoms with van der Waals surface area (Å²) >= 11 is 0. The first-order chi connectivity index (χ1) is 12.7. The quantitative estimate of drug-likeness (QED) is 0.788. The zero-order chi connectivity index (χ0) is 17.9. The molecule has 0 spiro atoms. The van der Waals surface area contributed by atoms with Gasteiger partial charge in [0.2, 0.25) is 0 Å². The molecule has 2 aromatic rings. The van der Waals surface area contributed by atoms with Crippen LogP contribution in [0.4, 0.5) is 20.6 Å². The van der Waals surface area contributed by atoms with Crippen molar-refractivity contribution in [1.82, 2.24) is 5.32 Å². The number of hydrogen-bond donors (Lipinski definition) is 3. The Balaban J connectivity index is 1.41. The normalized spacial score (nSPS) is 19.0. The SMILES string of the molecule is O=C(Nc1ccc(C2CCOC2)cc1)Nc1ccc2c(c1F)CCNC2. The average molecular weight is 355 g/mol. The molecule has 1 atom stereocenters. The molecule has 0 bridgehead atoms. The summed E-state index contributed by atoms with van der Waals surface area (Å²) in [6.45, 7) is 2.96. The van der Waals surface area contributed by atoms with Crippen LogP contribution in [0.5, 0.6) is 0 Å². The second kappa shape index (κ2) is 7.43. The molecule has 136 valence electrons. The first-order valence-corrected chi connectivity index (χ1v) is 8.97. The minimum absolute atomic E-state index is 0.211. The van der Waals surface area contributed by atoms with E-state index in [9.17, 15) is 9.18 Å². The zero-order valence-corrected chi connectivity index (χ0v) is 14.5. The van der Waals surface area contributed by atoms with Crippen molar-refractivity contribution >= 4 is 17.4 Å². The van der Waals surface area contributed by atoms with Crippen molar-refractivity contribution in [1.29, 1.82) is 0 Å². The van der Waals surface area contributed by atoms with Gasteiger partial charge in [0.15, 0.2) is 0 Å². The molecule has 2 amide bonds. The van der Waals surface area contributed by atoms with Gasteiger partial charge >= 0.3 is 6.03 Å². The van der Waals surface area contributed by atoms with Gasteiger partial charge in [-0.2, -0.15) is 0 Å². The fourth-order valence-corrected chi connectivity index (χ4v) is 3.55. The Bertz CT molecular complexity index is 801. The Morgan fingerprint density at radius 3 is 2.77 bits per heavy atom. The van der Waals surface area contributed by atoms with Crippen molar-refractivity contribution in [2.24, 2.45) is 0 Å². The van der Waals surface area contributed by atoms with Crippen LogP contribution in [0.1, 0.15) is 29.0 Å². The third kappa shape index (κ3) is 3.57. The number of hydrogen-bond acceptors (Lipinski definition) is 3. The van der Waals surface area contributed by atoms with Crippen LogP contribution < -0.4 is 16.0 Å². The summed E-state index contributed by atoms with van der Waals surface area (Å²) in [6.07, 6.45) is 1.66. The van der Waals surface area contributed by atoms with E-state index in [-0.39, 0.29) is 11.5 Å². The fourth-order valence-electron chi connectivity index (χ4n) is 3.55. The van der Waals surface area contributed by atoms with E-state index in [0.29, 0.717) is 30.1 Å². The van der Waals surface area contributed by atoms with Crippen LogP contribution in [0.15, 0.2) is 36.4 Å². The topological polar surface area (TPSA) is 62.4 Å². The molecule has 3 N–H and O–H groups in total. The molecule has 0 saturated carbocycles. The monoisotopic (exact) mass is 355 g/mol. The van der Waals surface area contributed by atoms with E-state index in [4.69, 9.17) is 4.74 Å². The Morgan fingerprint density at radius 2 is 2.00 bits per heavy atom. The Morgan fingerprint density at radius 1 is 1.15 bits per heavy atom. The summed E-state index contributed by atoms with van der Waals surface area (Å²) in [5, 5.41) is 8.58. The van der Waals surface area contributed by atoms with Crippen molar-refractivity contribution in [2.75, 3.05) is 30.4 Å². The third-order valence-corrected chi connectivity index (χ3v) is 5.03. The second-order valence-electron chi connectivity index (χ2n) is 6.75. The highest BCUT2D eigenvalue weighted by atomic mass is 19.1. The lowest BCUT2D eigenvalue weighted by atomic mass is 9.98. The summed E-state index contributed by atoms with van der Waals surface area (Å²) in [5.41, 5.74) is 3.73. The molecule has 6 heteroatoms. The van der Waals surface area contributed by atoms with Crippen molar-refractivity contribution in [3.05, 3.63) is 58.9 Å². The van der Waals surface area contributed by atoms with E-state index in [1.54, 1.807) is 6.07 Å². The summed E-state index contributed by atoms with van der Waals surface area (Å²) in [7, 11) is 0. The van der Waals surface area contributed by atoms with Gasteiger partial charge in [-0.15, -0.1) is 0 Å². The third-order valence-electron chi connectivity index (χ3n) is 5.03. The van der Waals surface area contributed by atoms with Crippen LogP contribution >= 0.6 is 0 Å². The standard InChI is InChI=1S/C20H22FN3O2/c21-19-17-7-9-22-11-14(17)3-6-18(19)24-20(25)23-16-4-1-13(2-5-16)15-8-10-26-12-15/h1-6,15,22H,7-12H2,(H2,23,24,25). The highest BCUT2D eigenvalue weighted by molar-refractivity contribution is 5.99. The molecule has 0 aromatic heterocycles. The molecule has 2 heterocycles. The number of fused-ring (bicyclic) bond motifs is 1. The molecule has 0 radical (unpaired) electrons. The molecule has 1 saturated heterocycles. The number of anilines is 2. The number of rotatable bonds is 3. The number of halogens is 1. The van der Waals surface area contributed by atoms with E-state index in [1.807, 2.05) is 30.3 Å². The van der Waals surface area contributed by atoms with E-state index in [2.05, 4.69) is 16.0 Å². The Hall–Kier alpha value is -2.44. The van der Waals surface area contributed by atoms with Gasteiger partial charge in [0.25, 0.3) is 0 Å². The van der Waals surface area contributed by atoms with Gasteiger partial charge in [-0.25, -0.2) is 9.18 Å². The van der Waals surface area contributed by atoms with Crippen molar-refractivity contribution in [3.8, 4) is 0 Å². The van der Waals surface area contributed by atoms with Crippen LogP contribution in [0.2, 0.25) is 0 Å². The lowest BCUT2D eigenvalue weighted by Gasteiger charge is -2.19. The highest BCUT2D eigenvalue weighted by Gasteiger charge is 2.19. The highest BCUT2D eigenvalue weighted by Crippen LogP contribution is 2.27. The number of urea groups is 1. The maximum absolute atomic E-state index is 14.6. The zero-order valence-electron chi connectivity index (χ0n) is 14.5. The predicted octanol–water partition coefficient (Wildman–Crippen LogP) is 3.62. The molecule has 2 aliphatic rings. The van der Waals surface area contributed by atoms with Crippen LogP contribution in [-0.4, -0.2) is 25.8 Å². The molecular weight excluding hydrogens is 333 g/mol. The lowest BCUT2D eigenvalue weighted by Crippen LogP contribution is -2.26. The summed E-state index contributed by atoms with van der Waals surface area (Å²) in [6, 6.07) is 10.8. The van der Waals surface area contributed by atoms with Crippen molar-refractivity contribution in [2.45, 2.75) is 25.3 Å². The molecule has 2 aliphatic heterocycles. The molecule has 1 fully saturated rings. The number of carbonyl (C=O) groups is 1. The molecule has 4 rings (SSSR count). The molecular formula is C20H22FN3O2. The number of nitrogens with one attached hydrogen (secondary N) is 3. The first-order valence-electron chi connectivity index (χ1n) is 8.97. The molecule has 1 unspecified atom stereocenters. The van der Waals surface area contributed by atoms with Crippen LogP contribution in [-0.2, 0) is 17.7 Å². The van der Waals surface area contributed by atoms with Gasteiger partial charge in [0, 0.05) is 24.8 Å². The van der Waals surface area contributed by atoms with E-state index < -0.39 is 6.03 Å². The largest absolute Gasteiger partial charge is 0.381 e. The Labute approximate surface area is 151 Å². The second-order valence-corrected chi connectivity index (χ2v) is 6.75. The van der Waals surface area contributed by atoms with Crippen molar-refractivity contribution < 1.29 is 13.9 Å². The summed E-state index contributed by atoms with van der Waals surface area (Å²) in [5.74, 6) is 0.0905. The van der Waals surface area contributed by atoms with Crippen LogP contribution in [0, 0.1) is 5.82 Å².